The van der Waals surface area contributed by atoms with Crippen molar-refractivity contribution in [3.8, 4) is 0 Å². The van der Waals surface area contributed by atoms with Gasteiger partial charge in [-0.05, 0) is 11.6 Å². The van der Waals surface area contributed by atoms with Crippen LogP contribution >= 0.6 is 0 Å². The molecule has 1 aromatic rings. The molecule has 1 nitrogen and oxygen atoms in total. The van der Waals surface area contributed by atoms with Crippen LogP contribution in [0.3, 0.4) is 0 Å². The van der Waals surface area contributed by atoms with E-state index >= 15 is 0 Å². The van der Waals surface area contributed by atoms with Gasteiger partial charge in [0.2, 0.25) is 0 Å². The SMILES string of the molecule is Cn1ccc2c1CC=CC=C2. The van der Waals surface area contributed by atoms with Crippen LogP contribution in [0.1, 0.15) is 11.3 Å². The van der Waals surface area contributed by atoms with Gasteiger partial charge in [0.05, 0.1) is 0 Å². The first-order chi connectivity index (χ1) is 5.38. The van der Waals surface area contributed by atoms with Crippen molar-refractivity contribution < 1.29 is 0 Å². The zero-order chi connectivity index (χ0) is 7.68. The number of allylic oxidation sites excluding steroid dienone is 3. The summed E-state index contributed by atoms with van der Waals surface area (Å²) in [6.45, 7) is 0. The topological polar surface area (TPSA) is 4.93 Å². The molecular weight excluding hydrogens is 134 g/mol. The number of nitrogens with zero attached hydrogens (tertiary/aromatic N) is 1. The second-order valence-electron chi connectivity index (χ2n) is 2.82. The van der Waals surface area contributed by atoms with Crippen molar-refractivity contribution in [2.45, 2.75) is 6.42 Å². The molecule has 0 unspecified atom stereocenters. The van der Waals surface area contributed by atoms with Crippen molar-refractivity contribution in [3.63, 3.8) is 0 Å². The number of hydrogen-bond acceptors (Lipinski definition) is 0. The third kappa shape index (κ3) is 1.03. The van der Waals surface area contributed by atoms with E-state index in [1.807, 2.05) is 0 Å². The third-order valence-electron chi connectivity index (χ3n) is 2.07. The summed E-state index contributed by atoms with van der Waals surface area (Å²) in [6.07, 6.45) is 11.7. The Labute approximate surface area is 66.7 Å². The maximum Gasteiger partial charge on any atom is 0.0282 e. The van der Waals surface area contributed by atoms with Gasteiger partial charge in [0.25, 0.3) is 0 Å². The molecule has 0 aromatic carbocycles. The molecule has 0 fully saturated rings. The van der Waals surface area contributed by atoms with Gasteiger partial charge in [-0.15, -0.1) is 0 Å². The maximum absolute atomic E-state index is 2.18. The van der Waals surface area contributed by atoms with Crippen molar-refractivity contribution >= 4 is 6.08 Å². The maximum atomic E-state index is 2.18. The summed E-state index contributed by atoms with van der Waals surface area (Å²) < 4.78 is 2.18. The first-order valence-electron chi connectivity index (χ1n) is 3.85. The van der Waals surface area contributed by atoms with Crippen LogP contribution in [0.25, 0.3) is 6.08 Å². The summed E-state index contributed by atoms with van der Waals surface area (Å²) in [5, 5.41) is 0. The van der Waals surface area contributed by atoms with Gasteiger partial charge in [-0.1, -0.05) is 24.3 Å². The number of aryl methyl sites for hydroxylation is 1. The summed E-state index contributed by atoms with van der Waals surface area (Å²) in [6, 6.07) is 2.15. The lowest BCUT2D eigenvalue weighted by atomic mass is 10.2. The van der Waals surface area contributed by atoms with E-state index in [9.17, 15) is 0 Å². The predicted octanol–water partition coefficient (Wildman–Crippen LogP) is 2.15. The van der Waals surface area contributed by atoms with E-state index in [0.29, 0.717) is 0 Å². The average Bonchev–Trinajstić information content (AvgIpc) is 2.25. The predicted molar refractivity (Wildman–Crippen MR) is 47.3 cm³/mol. The highest BCUT2D eigenvalue weighted by atomic mass is 14.9. The van der Waals surface area contributed by atoms with Crippen molar-refractivity contribution in [2.75, 3.05) is 0 Å². The molecule has 0 N–H and O–H groups in total. The molecule has 0 amide bonds. The Kier molecular flexibility index (Phi) is 1.42. The molecule has 0 aliphatic heterocycles. The van der Waals surface area contributed by atoms with Crippen LogP contribution in [-0.4, -0.2) is 4.57 Å². The highest BCUT2D eigenvalue weighted by molar-refractivity contribution is 5.56. The zero-order valence-corrected chi connectivity index (χ0v) is 6.62. The minimum Gasteiger partial charge on any atom is -0.354 e. The van der Waals surface area contributed by atoms with Crippen LogP contribution in [0.4, 0.5) is 0 Å². The normalized spacial score (nSPS) is 14.6. The minimum absolute atomic E-state index is 1.05. The van der Waals surface area contributed by atoms with Gasteiger partial charge in [0, 0.05) is 25.4 Å². The number of aromatic nitrogens is 1. The number of rotatable bonds is 0. The van der Waals surface area contributed by atoms with Crippen molar-refractivity contribution in [1.29, 1.82) is 0 Å². The van der Waals surface area contributed by atoms with Crippen molar-refractivity contribution in [1.82, 2.24) is 4.57 Å². The van der Waals surface area contributed by atoms with E-state index in [0.717, 1.165) is 6.42 Å². The molecular formula is C10H11N. The highest BCUT2D eigenvalue weighted by Crippen LogP contribution is 2.15. The van der Waals surface area contributed by atoms with Crippen LogP contribution in [0, 0.1) is 0 Å². The number of fused-ring (bicyclic) bond motifs is 1. The van der Waals surface area contributed by atoms with E-state index in [4.69, 9.17) is 0 Å². The molecule has 1 aliphatic rings. The molecule has 1 heterocycles. The first kappa shape index (κ1) is 6.47. The number of hydrogen-bond donors (Lipinski definition) is 0. The van der Waals surface area contributed by atoms with Gasteiger partial charge in [-0.2, -0.15) is 0 Å². The van der Waals surface area contributed by atoms with Crippen LogP contribution in [0.2, 0.25) is 0 Å². The molecule has 0 spiro atoms. The Morgan fingerprint density at radius 2 is 2.27 bits per heavy atom. The second kappa shape index (κ2) is 2.42. The minimum atomic E-state index is 1.05. The van der Waals surface area contributed by atoms with E-state index in [1.165, 1.54) is 11.3 Å². The largest absolute Gasteiger partial charge is 0.354 e. The van der Waals surface area contributed by atoms with E-state index < -0.39 is 0 Å². The molecule has 0 saturated heterocycles. The van der Waals surface area contributed by atoms with Crippen LogP contribution < -0.4 is 0 Å². The fourth-order valence-electron chi connectivity index (χ4n) is 1.41. The van der Waals surface area contributed by atoms with Gasteiger partial charge in [-0.3, -0.25) is 0 Å². The lowest BCUT2D eigenvalue weighted by Gasteiger charge is -1.99. The Morgan fingerprint density at radius 3 is 3.18 bits per heavy atom. The summed E-state index contributed by atoms with van der Waals surface area (Å²) in [5.74, 6) is 0. The monoisotopic (exact) mass is 145 g/mol. The van der Waals surface area contributed by atoms with E-state index in [-0.39, 0.29) is 0 Å². The standard InChI is InChI=1S/C10H11N/c1-11-8-7-9-5-3-2-4-6-10(9)11/h2-5,7-8H,6H2,1H3. The second-order valence-corrected chi connectivity index (χ2v) is 2.82. The Balaban J connectivity index is 2.55. The van der Waals surface area contributed by atoms with E-state index in [2.05, 4.69) is 48.2 Å². The molecule has 0 bridgehead atoms. The molecule has 0 saturated carbocycles. The lowest BCUT2D eigenvalue weighted by molar-refractivity contribution is 0.857. The van der Waals surface area contributed by atoms with Crippen LogP contribution in [-0.2, 0) is 13.5 Å². The van der Waals surface area contributed by atoms with Gasteiger partial charge in [0.15, 0.2) is 0 Å². The van der Waals surface area contributed by atoms with Gasteiger partial charge >= 0.3 is 0 Å². The molecule has 1 aromatic heterocycles. The summed E-state index contributed by atoms with van der Waals surface area (Å²) in [5.41, 5.74) is 2.74. The molecule has 11 heavy (non-hydrogen) atoms. The molecule has 1 aliphatic carbocycles. The summed E-state index contributed by atoms with van der Waals surface area (Å²) >= 11 is 0. The fourth-order valence-corrected chi connectivity index (χ4v) is 1.41. The first-order valence-corrected chi connectivity index (χ1v) is 3.85. The summed E-state index contributed by atoms with van der Waals surface area (Å²) in [4.78, 5) is 0. The fraction of sp³-hybridized carbons (Fsp3) is 0.200. The Bertz CT molecular complexity index is 316. The lowest BCUT2D eigenvalue weighted by Crippen LogP contribution is -1.93. The molecule has 0 atom stereocenters. The summed E-state index contributed by atoms with van der Waals surface area (Å²) in [7, 11) is 2.09. The van der Waals surface area contributed by atoms with Crippen molar-refractivity contribution in [3.05, 3.63) is 41.7 Å². The molecule has 56 valence electrons. The van der Waals surface area contributed by atoms with Gasteiger partial charge < -0.3 is 4.57 Å². The zero-order valence-electron chi connectivity index (χ0n) is 6.62. The van der Waals surface area contributed by atoms with E-state index in [1.54, 1.807) is 0 Å². The smallest absolute Gasteiger partial charge is 0.0282 e. The average molecular weight is 145 g/mol. The Morgan fingerprint density at radius 1 is 1.36 bits per heavy atom. The van der Waals surface area contributed by atoms with Crippen LogP contribution in [0.5, 0.6) is 0 Å². The quantitative estimate of drug-likeness (QED) is 0.527. The molecule has 2 rings (SSSR count). The van der Waals surface area contributed by atoms with Crippen LogP contribution in [0.15, 0.2) is 30.5 Å². The highest BCUT2D eigenvalue weighted by Gasteiger charge is 2.02. The molecule has 0 radical (unpaired) electrons. The Hall–Kier alpha value is -1.24. The molecule has 1 heteroatoms. The van der Waals surface area contributed by atoms with Crippen molar-refractivity contribution in [2.24, 2.45) is 7.05 Å². The van der Waals surface area contributed by atoms with Gasteiger partial charge in [-0.25, -0.2) is 0 Å². The van der Waals surface area contributed by atoms with Gasteiger partial charge in [0.1, 0.15) is 0 Å². The third-order valence-corrected chi connectivity index (χ3v) is 2.07.